The van der Waals surface area contributed by atoms with Crippen molar-refractivity contribution in [2.45, 2.75) is 53.9 Å². The van der Waals surface area contributed by atoms with Crippen LogP contribution in [0.15, 0.2) is 24.3 Å². The van der Waals surface area contributed by atoms with Crippen LogP contribution >= 0.6 is 11.3 Å². The summed E-state index contributed by atoms with van der Waals surface area (Å²) in [6.45, 7) is 11.9. The van der Waals surface area contributed by atoms with E-state index in [1.54, 1.807) is 4.90 Å². The van der Waals surface area contributed by atoms with Gasteiger partial charge in [0.25, 0.3) is 11.8 Å². The summed E-state index contributed by atoms with van der Waals surface area (Å²) in [5.41, 5.74) is 2.30. The Hall–Kier alpha value is -2.21. The number of hydrogen-bond donors (Lipinski definition) is 1. The Balaban J connectivity index is 1.99. The highest BCUT2D eigenvalue weighted by Gasteiger charge is 2.35. The quantitative estimate of drug-likeness (QED) is 0.654. The summed E-state index contributed by atoms with van der Waals surface area (Å²) in [6, 6.07) is 5.45. The maximum Gasteiger partial charge on any atom is 0.257 e. The van der Waals surface area contributed by atoms with Gasteiger partial charge in [0.1, 0.15) is 10.8 Å². The summed E-state index contributed by atoms with van der Waals surface area (Å²) < 4.78 is 13.2. The first-order valence-electron chi connectivity index (χ1n) is 10.7. The molecule has 3 rings (SSSR count). The Morgan fingerprint density at radius 3 is 2.37 bits per heavy atom. The first kappa shape index (κ1) is 22.5. The molecule has 1 aromatic carbocycles. The number of nitrogens with zero attached hydrogens (tertiary/aromatic N) is 1. The maximum atomic E-state index is 13.3. The van der Waals surface area contributed by atoms with E-state index in [-0.39, 0.29) is 23.0 Å². The van der Waals surface area contributed by atoms with E-state index < -0.39 is 0 Å². The van der Waals surface area contributed by atoms with Gasteiger partial charge in [-0.05, 0) is 74.3 Å². The first-order chi connectivity index (χ1) is 14.2. The number of rotatable bonds is 5. The van der Waals surface area contributed by atoms with Crippen molar-refractivity contribution in [1.82, 2.24) is 4.90 Å². The molecule has 1 N–H and O–H groups in total. The third kappa shape index (κ3) is 4.59. The predicted molar refractivity (Wildman–Crippen MR) is 121 cm³/mol. The summed E-state index contributed by atoms with van der Waals surface area (Å²) >= 11 is 1.52. The Morgan fingerprint density at radius 2 is 1.80 bits per heavy atom. The van der Waals surface area contributed by atoms with E-state index in [0.29, 0.717) is 35.1 Å². The molecule has 1 atom stereocenters. The molecular weight excluding hydrogens is 399 g/mol. The molecule has 0 bridgehead atoms. The lowest BCUT2D eigenvalue weighted by molar-refractivity contribution is 0.0772. The van der Waals surface area contributed by atoms with E-state index in [2.05, 4.69) is 26.1 Å². The Kier molecular flexibility index (Phi) is 6.65. The van der Waals surface area contributed by atoms with Crippen LogP contribution in [0.1, 0.15) is 72.2 Å². The molecule has 0 fully saturated rings. The van der Waals surface area contributed by atoms with Gasteiger partial charge in [-0.25, -0.2) is 4.39 Å². The van der Waals surface area contributed by atoms with E-state index in [1.807, 2.05) is 13.8 Å². The van der Waals surface area contributed by atoms with Gasteiger partial charge < -0.3 is 10.2 Å². The Bertz CT molecular complexity index is 924. The number of anilines is 1. The van der Waals surface area contributed by atoms with Crippen LogP contribution < -0.4 is 5.32 Å². The maximum absolute atomic E-state index is 13.3. The molecule has 0 unspecified atom stereocenters. The van der Waals surface area contributed by atoms with Gasteiger partial charge in [-0.1, -0.05) is 20.8 Å². The molecule has 0 radical (unpaired) electrons. The highest BCUT2D eigenvalue weighted by Crippen LogP contribution is 2.44. The van der Waals surface area contributed by atoms with Gasteiger partial charge in [0, 0.05) is 23.5 Å². The smallest absolute Gasteiger partial charge is 0.257 e. The predicted octanol–water partition coefficient (Wildman–Crippen LogP) is 5.77. The molecule has 4 nitrogen and oxygen atoms in total. The highest BCUT2D eigenvalue weighted by atomic mass is 32.1. The molecular formula is C24H31FN2O2S. The van der Waals surface area contributed by atoms with Crippen molar-refractivity contribution in [3.05, 3.63) is 51.7 Å². The molecule has 0 aliphatic heterocycles. The summed E-state index contributed by atoms with van der Waals surface area (Å²) in [6.07, 6.45) is 2.81. The van der Waals surface area contributed by atoms with E-state index in [4.69, 9.17) is 0 Å². The molecule has 162 valence electrons. The van der Waals surface area contributed by atoms with Crippen LogP contribution in [-0.2, 0) is 12.8 Å². The standard InChI is InChI=1S/C24H31FN2O2S/c1-6-27(7-2)23(29)20-18-13-10-16(24(3,4)5)14-19(18)30-22(20)26-21(28)15-8-11-17(25)12-9-15/h8-9,11-12,16H,6-7,10,13-14H2,1-5H3,(H,26,28)/t16-/m0/s1. The number of amides is 2. The molecule has 0 spiro atoms. The SMILES string of the molecule is CCN(CC)C(=O)c1c(NC(=O)c2ccc(F)cc2)sc2c1CC[C@H](C(C)(C)C)C2. The van der Waals surface area contributed by atoms with Crippen LogP contribution in [0.3, 0.4) is 0 Å². The van der Waals surface area contributed by atoms with Crippen molar-refractivity contribution in [1.29, 1.82) is 0 Å². The fourth-order valence-corrected chi connectivity index (χ4v) is 5.40. The van der Waals surface area contributed by atoms with Gasteiger partial charge in [-0.15, -0.1) is 11.3 Å². The number of thiophene rings is 1. The van der Waals surface area contributed by atoms with Crippen molar-refractivity contribution in [2.24, 2.45) is 11.3 Å². The molecule has 30 heavy (non-hydrogen) atoms. The van der Waals surface area contributed by atoms with E-state index in [1.165, 1.54) is 40.5 Å². The normalized spacial score (nSPS) is 16.1. The molecule has 1 aliphatic rings. The number of nitrogens with one attached hydrogen (secondary N) is 1. The second-order valence-corrected chi connectivity index (χ2v) is 10.1. The Labute approximate surface area is 182 Å². The average Bonchev–Trinajstić information content (AvgIpc) is 3.05. The van der Waals surface area contributed by atoms with Crippen LogP contribution in [0.2, 0.25) is 0 Å². The number of carbonyl (C=O) groups excluding carboxylic acids is 2. The largest absolute Gasteiger partial charge is 0.339 e. The van der Waals surface area contributed by atoms with E-state index in [0.717, 1.165) is 24.8 Å². The number of benzene rings is 1. The van der Waals surface area contributed by atoms with Crippen LogP contribution in [0.4, 0.5) is 9.39 Å². The molecule has 2 amide bonds. The second kappa shape index (κ2) is 8.88. The molecule has 1 heterocycles. The molecule has 0 saturated carbocycles. The van der Waals surface area contributed by atoms with Crippen molar-refractivity contribution in [3.8, 4) is 0 Å². The number of carbonyl (C=O) groups is 2. The number of hydrogen-bond acceptors (Lipinski definition) is 3. The monoisotopic (exact) mass is 430 g/mol. The van der Waals surface area contributed by atoms with Crippen molar-refractivity contribution < 1.29 is 14.0 Å². The van der Waals surface area contributed by atoms with Crippen LogP contribution in [0.5, 0.6) is 0 Å². The number of halogens is 1. The van der Waals surface area contributed by atoms with Crippen molar-refractivity contribution in [3.63, 3.8) is 0 Å². The lowest BCUT2D eigenvalue weighted by Crippen LogP contribution is -2.32. The van der Waals surface area contributed by atoms with Crippen molar-refractivity contribution in [2.75, 3.05) is 18.4 Å². The minimum atomic E-state index is -0.385. The average molecular weight is 431 g/mol. The topological polar surface area (TPSA) is 49.4 Å². The first-order valence-corrected chi connectivity index (χ1v) is 11.5. The zero-order valence-electron chi connectivity index (χ0n) is 18.5. The molecule has 1 aliphatic carbocycles. The van der Waals surface area contributed by atoms with E-state index >= 15 is 0 Å². The molecule has 1 aromatic heterocycles. The molecule has 6 heteroatoms. The third-order valence-electron chi connectivity index (χ3n) is 6.09. The van der Waals surface area contributed by atoms with Gasteiger partial charge >= 0.3 is 0 Å². The van der Waals surface area contributed by atoms with Crippen molar-refractivity contribution >= 4 is 28.2 Å². The minimum absolute atomic E-state index is 0.0267. The fraction of sp³-hybridized carbons (Fsp3) is 0.500. The van der Waals surface area contributed by atoms with Crippen LogP contribution in [-0.4, -0.2) is 29.8 Å². The van der Waals surface area contributed by atoms with E-state index in [9.17, 15) is 14.0 Å². The fourth-order valence-electron chi connectivity index (χ4n) is 4.08. The zero-order chi connectivity index (χ0) is 22.1. The minimum Gasteiger partial charge on any atom is -0.339 e. The Morgan fingerprint density at radius 1 is 1.17 bits per heavy atom. The lowest BCUT2D eigenvalue weighted by Gasteiger charge is -2.34. The van der Waals surface area contributed by atoms with Gasteiger partial charge in [0.05, 0.1) is 5.56 Å². The lowest BCUT2D eigenvalue weighted by atomic mass is 9.72. The van der Waals surface area contributed by atoms with Crippen LogP contribution in [0.25, 0.3) is 0 Å². The third-order valence-corrected chi connectivity index (χ3v) is 7.26. The summed E-state index contributed by atoms with van der Waals surface area (Å²) in [5.74, 6) is -0.194. The van der Waals surface area contributed by atoms with Gasteiger partial charge in [-0.3, -0.25) is 9.59 Å². The molecule has 0 saturated heterocycles. The summed E-state index contributed by atoms with van der Waals surface area (Å²) in [4.78, 5) is 29.1. The number of fused-ring (bicyclic) bond motifs is 1. The summed E-state index contributed by atoms with van der Waals surface area (Å²) in [7, 11) is 0. The zero-order valence-corrected chi connectivity index (χ0v) is 19.3. The second-order valence-electron chi connectivity index (χ2n) is 8.95. The highest BCUT2D eigenvalue weighted by molar-refractivity contribution is 7.17. The summed E-state index contributed by atoms with van der Waals surface area (Å²) in [5, 5.41) is 3.56. The molecule has 2 aromatic rings. The van der Waals surface area contributed by atoms with Gasteiger partial charge in [-0.2, -0.15) is 0 Å². The van der Waals surface area contributed by atoms with Gasteiger partial charge in [0.2, 0.25) is 0 Å². The van der Waals surface area contributed by atoms with Crippen LogP contribution in [0, 0.1) is 17.2 Å². The van der Waals surface area contributed by atoms with Gasteiger partial charge in [0.15, 0.2) is 0 Å².